The molecule has 1 unspecified atom stereocenters. The topological polar surface area (TPSA) is 67.4 Å². The molecule has 0 aromatic heterocycles. The number of ether oxygens (including phenoxy) is 1. The van der Waals surface area contributed by atoms with Crippen molar-refractivity contribution >= 4 is 10.0 Å². The minimum Gasteiger partial charge on any atom is -0.381 e. The van der Waals surface area contributed by atoms with Crippen LogP contribution in [-0.4, -0.2) is 47.5 Å². The lowest BCUT2D eigenvalue weighted by Gasteiger charge is -2.37. The molecule has 2 N–H and O–H groups in total. The predicted octanol–water partition coefficient (Wildman–Crippen LogP) is -0.448. The van der Waals surface area contributed by atoms with E-state index in [0.29, 0.717) is 0 Å². The van der Waals surface area contributed by atoms with Gasteiger partial charge in [0.15, 0.2) is 0 Å². The van der Waals surface area contributed by atoms with Crippen molar-refractivity contribution < 1.29 is 13.2 Å². The van der Waals surface area contributed by atoms with E-state index in [9.17, 15) is 8.42 Å². The Balaban J connectivity index is 2.08. The third kappa shape index (κ3) is 2.40. The Labute approximate surface area is 97.0 Å². The van der Waals surface area contributed by atoms with Gasteiger partial charge < -0.3 is 10.1 Å². The molecule has 94 valence electrons. The molecule has 2 saturated heterocycles. The van der Waals surface area contributed by atoms with Gasteiger partial charge in [0.25, 0.3) is 0 Å². The van der Waals surface area contributed by atoms with Crippen LogP contribution in [0.15, 0.2) is 0 Å². The van der Waals surface area contributed by atoms with Crippen molar-refractivity contribution in [2.24, 2.45) is 11.3 Å². The first kappa shape index (κ1) is 12.3. The van der Waals surface area contributed by atoms with E-state index >= 15 is 0 Å². The highest BCUT2D eigenvalue weighted by atomic mass is 32.2. The van der Waals surface area contributed by atoms with Crippen LogP contribution in [0.4, 0.5) is 0 Å². The number of hydrogen-bond donors (Lipinski definition) is 2. The lowest BCUT2D eigenvalue weighted by atomic mass is 9.73. The standard InChI is InChI=1S/C10H20N2O3S/c1-11-16(13,14)7-9-6-12-8-10(9)2-4-15-5-3-10/h9,11-12H,2-8H2,1H3. The van der Waals surface area contributed by atoms with Crippen LogP contribution in [0.3, 0.4) is 0 Å². The fourth-order valence-corrected chi connectivity index (χ4v) is 3.97. The number of sulfonamides is 1. The molecule has 1 atom stereocenters. The van der Waals surface area contributed by atoms with Crippen molar-refractivity contribution in [1.82, 2.24) is 10.0 Å². The Morgan fingerprint density at radius 3 is 2.75 bits per heavy atom. The van der Waals surface area contributed by atoms with Crippen molar-refractivity contribution in [2.75, 3.05) is 39.1 Å². The molecule has 0 radical (unpaired) electrons. The van der Waals surface area contributed by atoms with Crippen molar-refractivity contribution in [3.05, 3.63) is 0 Å². The molecule has 0 aromatic carbocycles. The molecule has 0 saturated carbocycles. The zero-order valence-electron chi connectivity index (χ0n) is 9.66. The van der Waals surface area contributed by atoms with Crippen molar-refractivity contribution in [3.8, 4) is 0 Å². The molecule has 2 heterocycles. The van der Waals surface area contributed by atoms with Gasteiger partial charge in [0.1, 0.15) is 0 Å². The summed E-state index contributed by atoms with van der Waals surface area (Å²) in [6.45, 7) is 3.26. The molecule has 0 aliphatic carbocycles. The van der Waals surface area contributed by atoms with Gasteiger partial charge in [-0.25, -0.2) is 13.1 Å². The van der Waals surface area contributed by atoms with E-state index < -0.39 is 10.0 Å². The monoisotopic (exact) mass is 248 g/mol. The van der Waals surface area contributed by atoms with Crippen LogP contribution in [0.5, 0.6) is 0 Å². The maximum absolute atomic E-state index is 11.6. The molecular formula is C10H20N2O3S. The normalized spacial score (nSPS) is 29.7. The average Bonchev–Trinajstić information content (AvgIpc) is 2.62. The van der Waals surface area contributed by atoms with Gasteiger partial charge in [-0.05, 0) is 37.8 Å². The van der Waals surface area contributed by atoms with E-state index in [-0.39, 0.29) is 17.1 Å². The quantitative estimate of drug-likeness (QED) is 0.710. The van der Waals surface area contributed by atoms with Crippen LogP contribution >= 0.6 is 0 Å². The Morgan fingerprint density at radius 2 is 2.12 bits per heavy atom. The Hall–Kier alpha value is -0.170. The number of hydrogen-bond acceptors (Lipinski definition) is 4. The fraction of sp³-hybridized carbons (Fsp3) is 1.00. The maximum atomic E-state index is 11.6. The Bertz CT molecular complexity index is 336. The zero-order valence-corrected chi connectivity index (χ0v) is 10.5. The average molecular weight is 248 g/mol. The minimum absolute atomic E-state index is 0.141. The van der Waals surface area contributed by atoms with Crippen LogP contribution in [0.1, 0.15) is 12.8 Å². The van der Waals surface area contributed by atoms with Crippen LogP contribution in [0, 0.1) is 11.3 Å². The lowest BCUT2D eigenvalue weighted by molar-refractivity contribution is 0.00678. The van der Waals surface area contributed by atoms with E-state index in [1.165, 1.54) is 7.05 Å². The van der Waals surface area contributed by atoms with Gasteiger partial charge in [-0.15, -0.1) is 0 Å². The van der Waals surface area contributed by atoms with Crippen LogP contribution < -0.4 is 10.0 Å². The Morgan fingerprint density at radius 1 is 1.44 bits per heavy atom. The molecule has 2 rings (SSSR count). The SMILES string of the molecule is CNS(=O)(=O)CC1CNCC12CCOCC2. The largest absolute Gasteiger partial charge is 0.381 e. The van der Waals surface area contributed by atoms with E-state index in [2.05, 4.69) is 10.0 Å². The Kier molecular flexibility index (Phi) is 3.53. The van der Waals surface area contributed by atoms with Gasteiger partial charge in [-0.1, -0.05) is 0 Å². The third-order valence-corrected chi connectivity index (χ3v) is 5.42. The van der Waals surface area contributed by atoms with Gasteiger partial charge >= 0.3 is 0 Å². The van der Waals surface area contributed by atoms with Crippen LogP contribution in [-0.2, 0) is 14.8 Å². The van der Waals surface area contributed by atoms with Gasteiger partial charge in [0.05, 0.1) is 5.75 Å². The molecule has 5 nitrogen and oxygen atoms in total. The van der Waals surface area contributed by atoms with Gasteiger partial charge in [0.2, 0.25) is 10.0 Å². The zero-order chi connectivity index (χ0) is 11.6. The van der Waals surface area contributed by atoms with Crippen molar-refractivity contribution in [1.29, 1.82) is 0 Å². The lowest BCUT2D eigenvalue weighted by Crippen LogP contribution is -2.41. The minimum atomic E-state index is -3.11. The highest BCUT2D eigenvalue weighted by molar-refractivity contribution is 7.89. The summed E-state index contributed by atoms with van der Waals surface area (Å²) in [5, 5.41) is 3.33. The summed E-state index contributed by atoms with van der Waals surface area (Å²) in [6.07, 6.45) is 1.95. The van der Waals surface area contributed by atoms with Crippen LogP contribution in [0.2, 0.25) is 0 Å². The van der Waals surface area contributed by atoms with Gasteiger partial charge in [0, 0.05) is 19.8 Å². The molecule has 16 heavy (non-hydrogen) atoms. The van der Waals surface area contributed by atoms with Crippen LogP contribution in [0.25, 0.3) is 0 Å². The van der Waals surface area contributed by atoms with E-state index in [1.807, 2.05) is 0 Å². The van der Waals surface area contributed by atoms with E-state index in [0.717, 1.165) is 39.1 Å². The summed E-state index contributed by atoms with van der Waals surface area (Å²) >= 11 is 0. The molecule has 0 aromatic rings. The number of nitrogens with one attached hydrogen (secondary N) is 2. The first-order valence-corrected chi connectivity index (χ1v) is 7.43. The highest BCUT2D eigenvalue weighted by Gasteiger charge is 2.45. The second-order valence-corrected chi connectivity index (χ2v) is 6.76. The van der Waals surface area contributed by atoms with Crippen molar-refractivity contribution in [2.45, 2.75) is 12.8 Å². The third-order valence-electron chi connectivity index (χ3n) is 3.95. The fourth-order valence-electron chi connectivity index (χ4n) is 2.80. The molecule has 0 amide bonds. The second-order valence-electron chi connectivity index (χ2n) is 4.79. The summed E-state index contributed by atoms with van der Waals surface area (Å²) in [4.78, 5) is 0. The molecule has 2 fully saturated rings. The number of rotatable bonds is 3. The van der Waals surface area contributed by atoms with E-state index in [1.54, 1.807) is 0 Å². The molecule has 0 bridgehead atoms. The van der Waals surface area contributed by atoms with Crippen molar-refractivity contribution in [3.63, 3.8) is 0 Å². The summed E-state index contributed by atoms with van der Waals surface area (Å²) in [6, 6.07) is 0. The van der Waals surface area contributed by atoms with E-state index in [4.69, 9.17) is 4.74 Å². The molecule has 2 aliphatic rings. The first-order chi connectivity index (χ1) is 7.58. The second kappa shape index (κ2) is 4.60. The molecule has 1 spiro atoms. The van der Waals surface area contributed by atoms with Gasteiger partial charge in [-0.2, -0.15) is 0 Å². The summed E-state index contributed by atoms with van der Waals surface area (Å²) < 4.78 is 31.0. The van der Waals surface area contributed by atoms with Gasteiger partial charge in [-0.3, -0.25) is 0 Å². The first-order valence-electron chi connectivity index (χ1n) is 5.78. The summed E-state index contributed by atoms with van der Waals surface area (Å²) in [7, 11) is -1.63. The predicted molar refractivity (Wildman–Crippen MR) is 61.7 cm³/mol. The smallest absolute Gasteiger partial charge is 0.211 e. The highest BCUT2D eigenvalue weighted by Crippen LogP contribution is 2.41. The summed E-state index contributed by atoms with van der Waals surface area (Å²) in [5.41, 5.74) is 0.141. The molecular weight excluding hydrogens is 228 g/mol. The maximum Gasteiger partial charge on any atom is 0.211 e. The molecule has 2 aliphatic heterocycles. The molecule has 6 heteroatoms. The summed E-state index contributed by atoms with van der Waals surface area (Å²) in [5.74, 6) is 0.449.